The second-order valence-corrected chi connectivity index (χ2v) is 8.26. The molecule has 0 aliphatic carbocycles. The van der Waals surface area contributed by atoms with Crippen LogP contribution in [0.5, 0.6) is 0 Å². The zero-order chi connectivity index (χ0) is 20.0. The summed E-state index contributed by atoms with van der Waals surface area (Å²) in [6.07, 6.45) is 3.34. The Labute approximate surface area is 162 Å². The smallest absolute Gasteiger partial charge is 0.340 e. The van der Waals surface area contributed by atoms with Crippen molar-refractivity contribution in [2.45, 2.75) is 13.8 Å². The molecule has 1 unspecified atom stereocenters. The molecule has 0 amide bonds. The summed E-state index contributed by atoms with van der Waals surface area (Å²) in [4.78, 5) is 20.3. The first-order valence-electron chi connectivity index (χ1n) is 7.90. The number of rotatable bonds is 4. The number of carbonyl (C=O) groups excluding carboxylic acids is 1. The van der Waals surface area contributed by atoms with Crippen LogP contribution in [0.1, 0.15) is 22.8 Å². The largest absolute Gasteiger partial charge is 0.465 e. The van der Waals surface area contributed by atoms with Crippen LogP contribution < -0.4 is 4.72 Å². The fourth-order valence-corrected chi connectivity index (χ4v) is 4.55. The number of aliphatic imine (C=N–C) groups is 2. The number of methoxy groups -OCH3 is 1. The van der Waals surface area contributed by atoms with Gasteiger partial charge in [0, 0.05) is 11.8 Å². The molecule has 2 aliphatic heterocycles. The first-order chi connectivity index (χ1) is 12.6. The summed E-state index contributed by atoms with van der Waals surface area (Å²) in [5, 5.41) is -0.356. The lowest BCUT2D eigenvalue weighted by molar-refractivity contribution is -0.713. The summed E-state index contributed by atoms with van der Waals surface area (Å²) < 4.78 is 33.0. The second kappa shape index (κ2) is 6.59. The van der Waals surface area contributed by atoms with Gasteiger partial charge in [0.05, 0.1) is 25.4 Å². The number of anilines is 1. The van der Waals surface area contributed by atoms with Crippen LogP contribution in [0.25, 0.3) is 0 Å². The highest BCUT2D eigenvalue weighted by Gasteiger charge is 2.46. The van der Waals surface area contributed by atoms with Crippen LogP contribution in [-0.4, -0.2) is 45.2 Å². The van der Waals surface area contributed by atoms with E-state index in [1.54, 1.807) is 38.5 Å². The van der Waals surface area contributed by atoms with Crippen molar-refractivity contribution in [3.8, 4) is 0 Å². The maximum atomic E-state index is 13.0. The Morgan fingerprint density at radius 3 is 2.67 bits per heavy atom. The van der Waals surface area contributed by atoms with Crippen molar-refractivity contribution in [2.24, 2.45) is 9.98 Å². The van der Waals surface area contributed by atoms with Crippen molar-refractivity contribution >= 4 is 45.5 Å². The third-order valence-electron chi connectivity index (χ3n) is 4.22. The van der Waals surface area contributed by atoms with Crippen LogP contribution in [0, 0.1) is 6.92 Å². The van der Waals surface area contributed by atoms with Gasteiger partial charge in [-0.3, -0.25) is 4.72 Å². The predicted octanol–water partition coefficient (Wildman–Crippen LogP) is 2.69. The van der Waals surface area contributed by atoms with E-state index in [0.29, 0.717) is 5.56 Å². The number of carbonyl (C=O) groups is 1. The van der Waals surface area contributed by atoms with Crippen LogP contribution in [0.15, 0.2) is 50.1 Å². The summed E-state index contributed by atoms with van der Waals surface area (Å²) in [5.41, 5.74) is 1.59. The Bertz CT molecular complexity index is 1070. The number of ether oxygens (including phenoxy) is 1. The van der Waals surface area contributed by atoms with Gasteiger partial charge in [0.2, 0.25) is 0 Å². The van der Waals surface area contributed by atoms with Gasteiger partial charge in [-0.05, 0) is 37.1 Å². The first-order valence-corrected chi connectivity index (χ1v) is 9.76. The van der Waals surface area contributed by atoms with Crippen LogP contribution in [-0.2, 0) is 14.8 Å². The summed E-state index contributed by atoms with van der Waals surface area (Å²) in [6.45, 7) is 3.50. The maximum absolute atomic E-state index is 13.0. The van der Waals surface area contributed by atoms with Crippen molar-refractivity contribution in [2.75, 3.05) is 18.9 Å². The number of hydrogen-bond donors (Lipinski definition) is 1. The summed E-state index contributed by atoms with van der Waals surface area (Å²) >= 11 is 6.39. The fraction of sp³-hybridized carbons (Fsp3) is 0.235. The molecule has 1 N–H and O–H groups in total. The van der Waals surface area contributed by atoms with Gasteiger partial charge in [-0.25, -0.2) is 4.79 Å². The number of nitrogens with one attached hydrogen (secondary N) is 1. The van der Waals surface area contributed by atoms with Gasteiger partial charge in [-0.1, -0.05) is 12.1 Å². The molecule has 0 radical (unpaired) electrons. The quantitative estimate of drug-likeness (QED) is 0.469. The van der Waals surface area contributed by atoms with Crippen LogP contribution in [0.3, 0.4) is 0 Å². The number of aryl methyl sites for hydroxylation is 1. The molecule has 8 nitrogen and oxygen atoms in total. The van der Waals surface area contributed by atoms with Crippen molar-refractivity contribution in [3.05, 3.63) is 51.3 Å². The standard InChI is InChI=1S/C17H17ClN4O4S/c1-10-8-19-17-20-15(14(18)22(17,3)9-10)27(24,25)21-13-11(2)6-5-7-12(13)16(23)26-4/h5-9H,1-4H3/p+1. The minimum atomic E-state index is -4.18. The van der Waals surface area contributed by atoms with Gasteiger partial charge in [0.25, 0.3) is 20.2 Å². The molecule has 2 aliphatic rings. The number of para-hydroxylation sites is 1. The Hall–Kier alpha value is -2.49. The predicted molar refractivity (Wildman–Crippen MR) is 104 cm³/mol. The number of sulfonamides is 1. The topological polar surface area (TPSA) is 97.2 Å². The van der Waals surface area contributed by atoms with E-state index in [0.717, 1.165) is 5.57 Å². The molecule has 0 spiro atoms. The Morgan fingerprint density at radius 2 is 2.00 bits per heavy atom. The Morgan fingerprint density at radius 1 is 1.30 bits per heavy atom. The minimum Gasteiger partial charge on any atom is -0.465 e. The maximum Gasteiger partial charge on any atom is 0.340 e. The lowest BCUT2D eigenvalue weighted by Gasteiger charge is -2.25. The molecule has 0 saturated heterocycles. The third-order valence-corrected chi connectivity index (χ3v) is 6.12. The van der Waals surface area contributed by atoms with E-state index in [1.165, 1.54) is 13.2 Å². The van der Waals surface area contributed by atoms with Gasteiger partial charge in [0.15, 0.2) is 0 Å². The van der Waals surface area contributed by atoms with Gasteiger partial charge >= 0.3 is 11.9 Å². The molecule has 0 fully saturated rings. The average Bonchev–Trinajstić information content (AvgIpc) is 2.87. The van der Waals surface area contributed by atoms with Crippen LogP contribution in [0.2, 0.25) is 0 Å². The van der Waals surface area contributed by atoms with Crippen LogP contribution >= 0.6 is 11.6 Å². The highest BCUT2D eigenvalue weighted by molar-refractivity contribution is 7.96. The van der Waals surface area contributed by atoms with Gasteiger partial charge in [0.1, 0.15) is 6.20 Å². The molecular formula is C17H18ClN4O4S+. The molecule has 10 heteroatoms. The van der Waals surface area contributed by atoms with Gasteiger partial charge < -0.3 is 4.74 Å². The van der Waals surface area contributed by atoms with E-state index < -0.39 is 16.0 Å². The molecule has 1 aromatic carbocycles. The first kappa shape index (κ1) is 19.3. The Kier molecular flexibility index (Phi) is 4.71. The number of allylic oxidation sites excluding steroid dienone is 1. The third kappa shape index (κ3) is 3.18. The monoisotopic (exact) mass is 409 g/mol. The number of benzene rings is 1. The van der Waals surface area contributed by atoms with Gasteiger partial charge in [-0.2, -0.15) is 22.9 Å². The zero-order valence-corrected chi connectivity index (χ0v) is 16.7. The molecular weight excluding hydrogens is 392 g/mol. The number of nitrogens with zero attached hydrogens (tertiary/aromatic N) is 3. The number of fused-ring (bicyclic) bond motifs is 1. The number of halogens is 1. The molecule has 27 heavy (non-hydrogen) atoms. The molecule has 1 atom stereocenters. The SMILES string of the molecule is COC(=O)c1cccc(C)c1NS(=O)(=O)C1=C(Cl)[N+]2(C)C=C(C)C=NC2=N1. The number of quaternary nitrogens is 1. The summed E-state index contributed by atoms with van der Waals surface area (Å²) in [5.74, 6) is -0.419. The average molecular weight is 410 g/mol. The molecule has 0 aromatic heterocycles. The highest BCUT2D eigenvalue weighted by Crippen LogP contribution is 2.37. The van der Waals surface area contributed by atoms with Crippen molar-refractivity contribution in [1.29, 1.82) is 0 Å². The zero-order valence-electron chi connectivity index (χ0n) is 15.1. The summed E-state index contributed by atoms with van der Waals surface area (Å²) in [7, 11) is -1.26. The number of esters is 1. The normalized spacial score (nSPS) is 21.5. The minimum absolute atomic E-state index is 0.0121. The van der Waals surface area contributed by atoms with E-state index in [2.05, 4.69) is 14.7 Å². The molecule has 0 saturated carbocycles. The van der Waals surface area contributed by atoms with Gasteiger partial charge in [-0.15, -0.1) is 0 Å². The number of guanidine groups is 1. The Balaban J connectivity index is 2.08. The molecule has 2 heterocycles. The van der Waals surface area contributed by atoms with Crippen molar-refractivity contribution < 1.29 is 22.4 Å². The molecule has 1 aromatic rings. The lowest BCUT2D eigenvalue weighted by atomic mass is 10.1. The van der Waals surface area contributed by atoms with E-state index in [4.69, 9.17) is 16.3 Å². The van der Waals surface area contributed by atoms with E-state index in [-0.39, 0.29) is 31.9 Å². The lowest BCUT2D eigenvalue weighted by Crippen LogP contribution is -2.40. The molecule has 142 valence electrons. The van der Waals surface area contributed by atoms with Crippen molar-refractivity contribution in [1.82, 2.24) is 0 Å². The van der Waals surface area contributed by atoms with E-state index >= 15 is 0 Å². The molecule has 3 rings (SSSR count). The van der Waals surface area contributed by atoms with E-state index in [1.807, 2.05) is 6.92 Å². The van der Waals surface area contributed by atoms with Crippen molar-refractivity contribution in [3.63, 3.8) is 0 Å². The van der Waals surface area contributed by atoms with Crippen LogP contribution in [0.4, 0.5) is 5.69 Å². The fourth-order valence-electron chi connectivity index (χ4n) is 2.83. The van der Waals surface area contributed by atoms with E-state index in [9.17, 15) is 13.2 Å². The highest BCUT2D eigenvalue weighted by atomic mass is 35.5. The molecule has 0 bridgehead atoms. The number of hydrogen-bond acceptors (Lipinski definition) is 6. The summed E-state index contributed by atoms with van der Waals surface area (Å²) in [6, 6.07) is 4.78. The second-order valence-electron chi connectivity index (χ2n) is 6.31.